The summed E-state index contributed by atoms with van der Waals surface area (Å²) < 4.78 is 0. The van der Waals surface area contributed by atoms with E-state index in [1.165, 1.54) is 32.1 Å². The minimum Gasteiger partial charge on any atom is -0.390 e. The van der Waals surface area contributed by atoms with E-state index < -0.39 is 0 Å². The molecule has 0 aromatic rings. The highest BCUT2D eigenvalue weighted by Crippen LogP contribution is 2.48. The number of nitrogens with one attached hydrogen (secondary N) is 1. The molecule has 80 valence electrons. The van der Waals surface area contributed by atoms with Gasteiger partial charge in [-0.05, 0) is 32.1 Å². The van der Waals surface area contributed by atoms with Crippen LogP contribution in [0.1, 0.15) is 45.4 Å². The standard InChI is InChI=1S/C12H21NO/c1-12(14)7-9-5-6-10(13-9)11(12)8-3-2-4-8/h8-11,13-14H,2-7H2,1H3. The van der Waals surface area contributed by atoms with E-state index in [0.717, 1.165) is 12.3 Å². The van der Waals surface area contributed by atoms with Gasteiger partial charge in [-0.1, -0.05) is 19.3 Å². The summed E-state index contributed by atoms with van der Waals surface area (Å²) in [6.45, 7) is 2.07. The van der Waals surface area contributed by atoms with Gasteiger partial charge in [0.2, 0.25) is 0 Å². The van der Waals surface area contributed by atoms with Gasteiger partial charge in [0, 0.05) is 18.0 Å². The molecule has 3 rings (SSSR count). The molecule has 0 aromatic carbocycles. The highest BCUT2D eigenvalue weighted by atomic mass is 16.3. The Kier molecular flexibility index (Phi) is 1.94. The van der Waals surface area contributed by atoms with Gasteiger partial charge in [-0.2, -0.15) is 0 Å². The lowest BCUT2D eigenvalue weighted by Gasteiger charge is -2.49. The molecule has 0 amide bonds. The van der Waals surface area contributed by atoms with E-state index in [4.69, 9.17) is 0 Å². The van der Waals surface area contributed by atoms with Crippen molar-refractivity contribution in [2.75, 3.05) is 0 Å². The average molecular weight is 195 g/mol. The number of hydrogen-bond acceptors (Lipinski definition) is 2. The molecule has 1 aliphatic carbocycles. The molecule has 2 saturated heterocycles. The Balaban J connectivity index is 1.83. The van der Waals surface area contributed by atoms with Crippen molar-refractivity contribution in [2.24, 2.45) is 11.8 Å². The predicted molar refractivity (Wildman–Crippen MR) is 56.0 cm³/mol. The van der Waals surface area contributed by atoms with E-state index >= 15 is 0 Å². The highest BCUT2D eigenvalue weighted by Gasteiger charge is 2.51. The van der Waals surface area contributed by atoms with Gasteiger partial charge >= 0.3 is 0 Å². The van der Waals surface area contributed by atoms with E-state index in [1.54, 1.807) is 0 Å². The first kappa shape index (κ1) is 9.17. The Morgan fingerprint density at radius 1 is 1.21 bits per heavy atom. The van der Waals surface area contributed by atoms with Crippen molar-refractivity contribution < 1.29 is 5.11 Å². The van der Waals surface area contributed by atoms with Crippen LogP contribution in [0.15, 0.2) is 0 Å². The smallest absolute Gasteiger partial charge is 0.0680 e. The molecule has 0 aromatic heterocycles. The van der Waals surface area contributed by atoms with Crippen LogP contribution in [0.25, 0.3) is 0 Å². The Morgan fingerprint density at radius 2 is 2.00 bits per heavy atom. The molecule has 2 heteroatoms. The van der Waals surface area contributed by atoms with Crippen LogP contribution in [0.4, 0.5) is 0 Å². The van der Waals surface area contributed by atoms with Crippen molar-refractivity contribution >= 4 is 0 Å². The fourth-order valence-corrected chi connectivity index (χ4v) is 4.00. The first-order valence-electron chi connectivity index (χ1n) is 6.15. The molecule has 2 heterocycles. The molecule has 3 fully saturated rings. The topological polar surface area (TPSA) is 32.3 Å². The van der Waals surface area contributed by atoms with Crippen molar-refractivity contribution in [3.63, 3.8) is 0 Å². The lowest BCUT2D eigenvalue weighted by Crippen LogP contribution is -2.58. The maximum Gasteiger partial charge on any atom is 0.0680 e. The molecule has 3 aliphatic rings. The molecule has 14 heavy (non-hydrogen) atoms. The molecule has 2 N–H and O–H groups in total. The zero-order valence-electron chi connectivity index (χ0n) is 9.00. The number of fused-ring (bicyclic) bond motifs is 2. The molecule has 4 unspecified atom stereocenters. The normalized spacial score (nSPS) is 53.1. The summed E-state index contributed by atoms with van der Waals surface area (Å²) >= 11 is 0. The van der Waals surface area contributed by atoms with Crippen LogP contribution >= 0.6 is 0 Å². The second kappa shape index (κ2) is 2.96. The monoisotopic (exact) mass is 195 g/mol. The van der Waals surface area contributed by atoms with Gasteiger partial charge in [-0.25, -0.2) is 0 Å². The van der Waals surface area contributed by atoms with Gasteiger partial charge < -0.3 is 10.4 Å². The van der Waals surface area contributed by atoms with E-state index in [0.29, 0.717) is 18.0 Å². The summed E-state index contributed by atoms with van der Waals surface area (Å²) in [4.78, 5) is 0. The van der Waals surface area contributed by atoms with Crippen molar-refractivity contribution in [1.82, 2.24) is 5.32 Å². The molecule has 2 bridgehead atoms. The Labute approximate surface area is 86.1 Å². The first-order valence-corrected chi connectivity index (χ1v) is 6.15. The van der Waals surface area contributed by atoms with Crippen LogP contribution < -0.4 is 5.32 Å². The second-order valence-corrected chi connectivity index (χ2v) is 5.83. The van der Waals surface area contributed by atoms with E-state index in [1.807, 2.05) is 0 Å². The van der Waals surface area contributed by atoms with Crippen LogP contribution in [0.2, 0.25) is 0 Å². The SMILES string of the molecule is CC1(O)CC2CCC(N2)C1C1CCC1. The molecule has 2 nitrogen and oxygen atoms in total. The zero-order chi connectivity index (χ0) is 9.76. The molecule has 0 spiro atoms. The van der Waals surface area contributed by atoms with Crippen LogP contribution in [0.3, 0.4) is 0 Å². The first-order chi connectivity index (χ1) is 6.67. The van der Waals surface area contributed by atoms with Gasteiger partial charge in [0.25, 0.3) is 0 Å². The molecule has 0 radical (unpaired) electrons. The highest BCUT2D eigenvalue weighted by molar-refractivity contribution is 5.06. The number of aliphatic hydroxyl groups is 1. The summed E-state index contributed by atoms with van der Waals surface area (Å²) in [7, 11) is 0. The molecule has 1 saturated carbocycles. The van der Waals surface area contributed by atoms with Crippen molar-refractivity contribution in [3.05, 3.63) is 0 Å². The number of piperidine rings is 1. The Morgan fingerprint density at radius 3 is 2.64 bits per heavy atom. The van der Waals surface area contributed by atoms with E-state index in [2.05, 4.69) is 12.2 Å². The van der Waals surface area contributed by atoms with Crippen LogP contribution in [-0.2, 0) is 0 Å². The summed E-state index contributed by atoms with van der Waals surface area (Å²) in [6, 6.07) is 1.22. The summed E-state index contributed by atoms with van der Waals surface area (Å²) in [6.07, 6.45) is 7.64. The third kappa shape index (κ3) is 1.24. The minimum atomic E-state index is -0.387. The van der Waals surface area contributed by atoms with Gasteiger partial charge in [0.1, 0.15) is 0 Å². The van der Waals surface area contributed by atoms with Crippen molar-refractivity contribution in [1.29, 1.82) is 0 Å². The van der Waals surface area contributed by atoms with Gasteiger partial charge in [0.05, 0.1) is 5.60 Å². The predicted octanol–water partition coefficient (Wildman–Crippen LogP) is 1.68. The zero-order valence-corrected chi connectivity index (χ0v) is 9.00. The van der Waals surface area contributed by atoms with Crippen LogP contribution in [-0.4, -0.2) is 22.8 Å². The lowest BCUT2D eigenvalue weighted by atomic mass is 9.64. The molecular weight excluding hydrogens is 174 g/mol. The average Bonchev–Trinajstić information content (AvgIpc) is 2.38. The fourth-order valence-electron chi connectivity index (χ4n) is 4.00. The minimum absolute atomic E-state index is 0.387. The van der Waals surface area contributed by atoms with Crippen LogP contribution in [0, 0.1) is 11.8 Å². The van der Waals surface area contributed by atoms with Gasteiger partial charge in [-0.3, -0.25) is 0 Å². The van der Waals surface area contributed by atoms with Gasteiger partial charge in [0.15, 0.2) is 0 Å². The Bertz CT molecular complexity index is 234. The molecular formula is C12H21NO. The van der Waals surface area contributed by atoms with E-state index in [9.17, 15) is 5.11 Å². The van der Waals surface area contributed by atoms with Gasteiger partial charge in [-0.15, -0.1) is 0 Å². The Hall–Kier alpha value is -0.0800. The number of rotatable bonds is 1. The molecule has 4 atom stereocenters. The second-order valence-electron chi connectivity index (χ2n) is 5.83. The van der Waals surface area contributed by atoms with E-state index in [-0.39, 0.29) is 5.60 Å². The van der Waals surface area contributed by atoms with Crippen molar-refractivity contribution in [3.8, 4) is 0 Å². The molecule has 2 aliphatic heterocycles. The maximum absolute atomic E-state index is 10.5. The third-order valence-electron chi connectivity index (χ3n) is 4.74. The summed E-state index contributed by atoms with van der Waals surface area (Å²) in [5, 5.41) is 14.2. The summed E-state index contributed by atoms with van der Waals surface area (Å²) in [5.41, 5.74) is -0.387. The summed E-state index contributed by atoms with van der Waals surface area (Å²) in [5.74, 6) is 1.34. The lowest BCUT2D eigenvalue weighted by molar-refractivity contribution is -0.0827. The quantitative estimate of drug-likeness (QED) is 0.667. The fraction of sp³-hybridized carbons (Fsp3) is 1.00. The largest absolute Gasteiger partial charge is 0.390 e. The maximum atomic E-state index is 10.5. The van der Waals surface area contributed by atoms with Crippen LogP contribution in [0.5, 0.6) is 0 Å². The third-order valence-corrected chi connectivity index (χ3v) is 4.74. The number of hydrogen-bond donors (Lipinski definition) is 2. The van der Waals surface area contributed by atoms with Crippen molar-refractivity contribution in [2.45, 2.75) is 63.1 Å².